The number of hydrogen-bond donors (Lipinski definition) is 2. The van der Waals surface area contributed by atoms with Gasteiger partial charge in [0.1, 0.15) is 0 Å². The van der Waals surface area contributed by atoms with Gasteiger partial charge in [-0.3, -0.25) is 0 Å². The van der Waals surface area contributed by atoms with Crippen molar-refractivity contribution in [2.75, 3.05) is 6.54 Å². The van der Waals surface area contributed by atoms with Crippen LogP contribution in [0.25, 0.3) is 0 Å². The van der Waals surface area contributed by atoms with Crippen LogP contribution in [0.1, 0.15) is 12.8 Å². The summed E-state index contributed by atoms with van der Waals surface area (Å²) < 4.78 is 20.9. The third-order valence-electron chi connectivity index (χ3n) is 1.60. The molecule has 0 amide bonds. The van der Waals surface area contributed by atoms with Crippen molar-refractivity contribution in [3.8, 4) is 0 Å². The standard InChI is InChI=1S/C6H12N2O2S/c7-11(9,10)5-3-6-2-1-4-8-6/h3,5-6,8H,1-2,4H2,(H2,7,9,10)/b5-3+. The SMILES string of the molecule is NS(=O)(=O)/C=C/C1CCCN1. The van der Waals surface area contributed by atoms with Crippen LogP contribution < -0.4 is 10.5 Å². The van der Waals surface area contributed by atoms with Crippen molar-refractivity contribution >= 4 is 10.0 Å². The molecule has 4 nitrogen and oxygen atoms in total. The Morgan fingerprint density at radius 2 is 2.27 bits per heavy atom. The Balaban J connectivity index is 2.47. The van der Waals surface area contributed by atoms with Crippen molar-refractivity contribution in [2.24, 2.45) is 5.14 Å². The molecule has 64 valence electrons. The lowest BCUT2D eigenvalue weighted by Crippen LogP contribution is -2.19. The van der Waals surface area contributed by atoms with Crippen LogP contribution in [0.2, 0.25) is 0 Å². The van der Waals surface area contributed by atoms with E-state index in [1.165, 1.54) is 0 Å². The minimum absolute atomic E-state index is 0.188. The molecule has 0 bridgehead atoms. The fourth-order valence-electron chi connectivity index (χ4n) is 1.08. The lowest BCUT2D eigenvalue weighted by Gasteiger charge is -2.00. The van der Waals surface area contributed by atoms with Crippen LogP contribution in [0, 0.1) is 0 Å². The number of primary sulfonamides is 1. The minimum Gasteiger partial charge on any atom is -0.310 e. The molecule has 1 atom stereocenters. The maximum absolute atomic E-state index is 10.5. The summed E-state index contributed by atoms with van der Waals surface area (Å²) in [4.78, 5) is 0. The van der Waals surface area contributed by atoms with E-state index in [9.17, 15) is 8.42 Å². The Hall–Kier alpha value is -0.390. The van der Waals surface area contributed by atoms with Gasteiger partial charge in [0.05, 0.1) is 0 Å². The van der Waals surface area contributed by atoms with Gasteiger partial charge in [-0.15, -0.1) is 0 Å². The summed E-state index contributed by atoms with van der Waals surface area (Å²) in [5.74, 6) is 0. The second-order valence-electron chi connectivity index (χ2n) is 2.62. The van der Waals surface area contributed by atoms with E-state index in [-0.39, 0.29) is 6.04 Å². The number of nitrogens with two attached hydrogens (primary N) is 1. The fraction of sp³-hybridized carbons (Fsp3) is 0.667. The van der Waals surface area contributed by atoms with Gasteiger partial charge in [-0.25, -0.2) is 13.6 Å². The molecule has 5 heteroatoms. The lowest BCUT2D eigenvalue weighted by molar-refractivity contribution is 0.605. The number of nitrogens with one attached hydrogen (secondary N) is 1. The van der Waals surface area contributed by atoms with E-state index in [0.29, 0.717) is 0 Å². The van der Waals surface area contributed by atoms with Gasteiger partial charge in [-0.05, 0) is 19.4 Å². The molecule has 0 aromatic heterocycles. The van der Waals surface area contributed by atoms with E-state index in [1.54, 1.807) is 6.08 Å². The molecule has 1 aliphatic heterocycles. The van der Waals surface area contributed by atoms with Crippen molar-refractivity contribution in [1.82, 2.24) is 5.32 Å². The molecule has 1 heterocycles. The maximum atomic E-state index is 10.5. The first-order valence-electron chi connectivity index (χ1n) is 3.52. The average molecular weight is 176 g/mol. The Kier molecular flexibility index (Phi) is 2.64. The van der Waals surface area contributed by atoms with Crippen LogP contribution in [0.5, 0.6) is 0 Å². The van der Waals surface area contributed by atoms with Crippen molar-refractivity contribution in [2.45, 2.75) is 18.9 Å². The smallest absolute Gasteiger partial charge is 0.230 e. The molecule has 1 aliphatic rings. The summed E-state index contributed by atoms with van der Waals surface area (Å²) in [6, 6.07) is 0.188. The maximum Gasteiger partial charge on any atom is 0.230 e. The largest absolute Gasteiger partial charge is 0.310 e. The predicted molar refractivity (Wildman–Crippen MR) is 43.3 cm³/mol. The molecule has 1 rings (SSSR count). The molecular formula is C6H12N2O2S. The van der Waals surface area contributed by atoms with Crippen LogP contribution in [0.15, 0.2) is 11.5 Å². The number of hydrogen-bond acceptors (Lipinski definition) is 3. The molecule has 0 aliphatic carbocycles. The Labute approximate surface area is 66.5 Å². The minimum atomic E-state index is -3.43. The van der Waals surface area contributed by atoms with Crippen molar-refractivity contribution in [3.05, 3.63) is 11.5 Å². The van der Waals surface area contributed by atoms with Crippen LogP contribution in [-0.2, 0) is 10.0 Å². The molecule has 0 saturated carbocycles. The van der Waals surface area contributed by atoms with Gasteiger partial charge in [0, 0.05) is 11.4 Å². The van der Waals surface area contributed by atoms with Crippen molar-refractivity contribution < 1.29 is 8.42 Å². The van der Waals surface area contributed by atoms with Crippen molar-refractivity contribution in [1.29, 1.82) is 0 Å². The second kappa shape index (κ2) is 3.34. The van der Waals surface area contributed by atoms with E-state index in [2.05, 4.69) is 5.32 Å². The molecule has 0 aromatic carbocycles. The van der Waals surface area contributed by atoms with Gasteiger partial charge in [-0.2, -0.15) is 0 Å². The molecule has 1 fully saturated rings. The third-order valence-corrected chi connectivity index (χ3v) is 2.14. The summed E-state index contributed by atoms with van der Waals surface area (Å²) in [7, 11) is -3.43. The first kappa shape index (κ1) is 8.70. The zero-order valence-corrected chi connectivity index (χ0v) is 6.97. The van der Waals surface area contributed by atoms with E-state index >= 15 is 0 Å². The molecule has 0 aromatic rings. The summed E-state index contributed by atoms with van der Waals surface area (Å²) in [5, 5.41) is 8.95. The fourth-order valence-corrected chi connectivity index (χ4v) is 1.49. The van der Waals surface area contributed by atoms with Gasteiger partial charge in [0.2, 0.25) is 10.0 Å². The zero-order chi connectivity index (χ0) is 8.32. The molecule has 1 unspecified atom stereocenters. The highest BCUT2D eigenvalue weighted by Crippen LogP contribution is 2.05. The Morgan fingerprint density at radius 1 is 1.55 bits per heavy atom. The average Bonchev–Trinajstić information content (AvgIpc) is 2.32. The second-order valence-corrected chi connectivity index (χ2v) is 4.07. The molecule has 3 N–H and O–H groups in total. The van der Waals surface area contributed by atoms with Gasteiger partial charge in [-0.1, -0.05) is 6.08 Å². The molecule has 11 heavy (non-hydrogen) atoms. The summed E-state index contributed by atoms with van der Waals surface area (Å²) in [6.45, 7) is 0.958. The number of sulfonamides is 1. The molecule has 0 radical (unpaired) electrons. The highest BCUT2D eigenvalue weighted by molar-refractivity contribution is 7.92. The summed E-state index contributed by atoms with van der Waals surface area (Å²) >= 11 is 0. The zero-order valence-electron chi connectivity index (χ0n) is 6.16. The predicted octanol–water partition coefficient (Wildman–Crippen LogP) is -0.459. The molecule has 0 spiro atoms. The first-order chi connectivity index (χ1) is 5.08. The highest BCUT2D eigenvalue weighted by atomic mass is 32.2. The van der Waals surface area contributed by atoms with Gasteiger partial charge < -0.3 is 5.32 Å². The van der Waals surface area contributed by atoms with Crippen LogP contribution in [0.3, 0.4) is 0 Å². The monoisotopic (exact) mass is 176 g/mol. The molecule has 1 saturated heterocycles. The highest BCUT2D eigenvalue weighted by Gasteiger charge is 2.10. The summed E-state index contributed by atoms with van der Waals surface area (Å²) in [6.07, 6.45) is 3.69. The van der Waals surface area contributed by atoms with E-state index in [1.807, 2.05) is 0 Å². The lowest BCUT2D eigenvalue weighted by atomic mass is 10.2. The first-order valence-corrected chi connectivity index (χ1v) is 5.13. The van der Waals surface area contributed by atoms with Crippen LogP contribution in [0.4, 0.5) is 0 Å². The van der Waals surface area contributed by atoms with E-state index in [0.717, 1.165) is 24.8 Å². The normalized spacial score (nSPS) is 26.5. The van der Waals surface area contributed by atoms with E-state index < -0.39 is 10.0 Å². The van der Waals surface area contributed by atoms with Gasteiger partial charge in [0.25, 0.3) is 0 Å². The van der Waals surface area contributed by atoms with Gasteiger partial charge >= 0.3 is 0 Å². The quantitative estimate of drug-likeness (QED) is 0.598. The number of rotatable bonds is 2. The van der Waals surface area contributed by atoms with Gasteiger partial charge in [0.15, 0.2) is 0 Å². The van der Waals surface area contributed by atoms with E-state index in [4.69, 9.17) is 5.14 Å². The van der Waals surface area contributed by atoms with Crippen LogP contribution in [-0.4, -0.2) is 21.0 Å². The van der Waals surface area contributed by atoms with Crippen LogP contribution >= 0.6 is 0 Å². The Bertz CT molecular complexity index is 239. The summed E-state index contributed by atoms with van der Waals surface area (Å²) in [5.41, 5.74) is 0. The topological polar surface area (TPSA) is 72.2 Å². The van der Waals surface area contributed by atoms with Crippen molar-refractivity contribution in [3.63, 3.8) is 0 Å². The molecular weight excluding hydrogens is 164 g/mol. The Morgan fingerprint density at radius 3 is 2.73 bits per heavy atom. The third kappa shape index (κ3) is 3.50.